The number of nitrogens with zero attached hydrogens (tertiary/aromatic N) is 4. The molecule has 0 radical (unpaired) electrons. The lowest BCUT2D eigenvalue weighted by molar-refractivity contribution is -0.121. The van der Waals surface area contributed by atoms with Gasteiger partial charge in [-0.15, -0.1) is 0 Å². The Morgan fingerprint density at radius 3 is 2.56 bits per heavy atom. The minimum atomic E-state index is 0.0521. The number of anilines is 1. The Balaban J connectivity index is 1.16. The van der Waals surface area contributed by atoms with E-state index < -0.39 is 0 Å². The SMILES string of the molecule is Cc1c(CN2CCC(C(=O)Nc3ccc(-c4nc5ccccc5[nH]4)cc3)CC2)cnn1C. The number of hydrogen-bond donors (Lipinski definition) is 2. The van der Waals surface area contributed by atoms with Crippen molar-refractivity contribution in [2.45, 2.75) is 26.3 Å². The van der Waals surface area contributed by atoms with Crippen molar-refractivity contribution >= 4 is 22.6 Å². The molecule has 1 aliphatic rings. The molecule has 164 valence electrons. The van der Waals surface area contributed by atoms with E-state index in [0.717, 1.165) is 60.6 Å². The van der Waals surface area contributed by atoms with Crippen LogP contribution in [0.4, 0.5) is 5.69 Å². The maximum atomic E-state index is 12.8. The second kappa shape index (κ2) is 8.59. The van der Waals surface area contributed by atoms with E-state index in [4.69, 9.17) is 0 Å². The number of aromatic nitrogens is 4. The predicted molar refractivity (Wildman–Crippen MR) is 126 cm³/mol. The van der Waals surface area contributed by atoms with Crippen LogP contribution in [0.1, 0.15) is 24.1 Å². The summed E-state index contributed by atoms with van der Waals surface area (Å²) in [5.41, 5.74) is 6.26. The van der Waals surface area contributed by atoms with Crippen LogP contribution < -0.4 is 5.32 Å². The summed E-state index contributed by atoms with van der Waals surface area (Å²) in [4.78, 5) is 23.2. The fourth-order valence-corrected chi connectivity index (χ4v) is 4.34. The first-order valence-corrected chi connectivity index (χ1v) is 11.1. The highest BCUT2D eigenvalue weighted by Crippen LogP contribution is 2.24. The van der Waals surface area contributed by atoms with Crippen molar-refractivity contribution in [3.8, 4) is 11.4 Å². The molecule has 1 saturated heterocycles. The van der Waals surface area contributed by atoms with E-state index >= 15 is 0 Å². The Kier molecular flexibility index (Phi) is 5.49. The number of carbonyl (C=O) groups excluding carboxylic acids is 1. The van der Waals surface area contributed by atoms with Crippen LogP contribution in [0.15, 0.2) is 54.7 Å². The lowest BCUT2D eigenvalue weighted by Crippen LogP contribution is -2.37. The molecule has 4 aromatic rings. The van der Waals surface area contributed by atoms with E-state index in [-0.39, 0.29) is 11.8 Å². The summed E-state index contributed by atoms with van der Waals surface area (Å²) >= 11 is 0. The molecule has 5 rings (SSSR count). The maximum absolute atomic E-state index is 12.8. The van der Waals surface area contributed by atoms with Gasteiger partial charge in [-0.05, 0) is 69.3 Å². The second-order valence-electron chi connectivity index (χ2n) is 8.60. The van der Waals surface area contributed by atoms with E-state index in [9.17, 15) is 4.79 Å². The fourth-order valence-electron chi connectivity index (χ4n) is 4.34. The monoisotopic (exact) mass is 428 g/mol. The number of aromatic amines is 1. The van der Waals surface area contributed by atoms with Crippen LogP contribution in [-0.2, 0) is 18.4 Å². The van der Waals surface area contributed by atoms with Gasteiger partial charge in [0.2, 0.25) is 5.91 Å². The average molecular weight is 429 g/mol. The van der Waals surface area contributed by atoms with Crippen molar-refractivity contribution in [2.75, 3.05) is 18.4 Å². The van der Waals surface area contributed by atoms with E-state index in [0.29, 0.717) is 0 Å². The number of benzene rings is 2. The van der Waals surface area contributed by atoms with Crippen LogP contribution in [0, 0.1) is 12.8 Å². The van der Waals surface area contributed by atoms with Gasteiger partial charge in [-0.25, -0.2) is 4.98 Å². The molecule has 2 aromatic heterocycles. The van der Waals surface area contributed by atoms with Crippen LogP contribution in [0.25, 0.3) is 22.4 Å². The maximum Gasteiger partial charge on any atom is 0.227 e. The molecular weight excluding hydrogens is 400 g/mol. The molecule has 1 fully saturated rings. The van der Waals surface area contributed by atoms with Gasteiger partial charge in [-0.2, -0.15) is 5.10 Å². The van der Waals surface area contributed by atoms with Gasteiger partial charge in [-0.3, -0.25) is 14.4 Å². The van der Waals surface area contributed by atoms with Crippen molar-refractivity contribution in [1.82, 2.24) is 24.6 Å². The standard InChI is InChI=1S/C25H28N6O/c1-17-20(15-26-30(17)2)16-31-13-11-19(12-14-31)25(32)27-21-9-7-18(8-10-21)24-28-22-5-3-4-6-23(22)29-24/h3-10,15,19H,11-14,16H2,1-2H3,(H,27,32)(H,28,29). The molecule has 1 aliphatic heterocycles. The third-order valence-corrected chi connectivity index (χ3v) is 6.50. The van der Waals surface area contributed by atoms with Gasteiger partial charge >= 0.3 is 0 Å². The molecule has 2 aromatic carbocycles. The number of piperidine rings is 1. The zero-order chi connectivity index (χ0) is 22.1. The van der Waals surface area contributed by atoms with Crippen LogP contribution in [-0.4, -0.2) is 43.6 Å². The van der Waals surface area contributed by atoms with Gasteiger partial charge < -0.3 is 10.3 Å². The summed E-state index contributed by atoms with van der Waals surface area (Å²) in [5, 5.41) is 7.42. The molecule has 32 heavy (non-hydrogen) atoms. The van der Waals surface area contributed by atoms with Gasteiger partial charge in [0, 0.05) is 42.0 Å². The molecule has 0 spiro atoms. The number of likely N-dealkylation sites (tertiary alicyclic amines) is 1. The number of rotatable bonds is 5. The molecule has 1 amide bonds. The van der Waals surface area contributed by atoms with Crippen LogP contribution in [0.2, 0.25) is 0 Å². The summed E-state index contributed by atoms with van der Waals surface area (Å²) in [5.74, 6) is 0.996. The number of carbonyl (C=O) groups is 1. The van der Waals surface area contributed by atoms with Crippen LogP contribution >= 0.6 is 0 Å². The number of aryl methyl sites for hydroxylation is 1. The Labute approximate surface area is 187 Å². The number of para-hydroxylation sites is 2. The highest BCUT2D eigenvalue weighted by Gasteiger charge is 2.25. The van der Waals surface area contributed by atoms with E-state index in [2.05, 4.69) is 32.2 Å². The molecule has 0 bridgehead atoms. The molecule has 0 aliphatic carbocycles. The van der Waals surface area contributed by atoms with Crippen LogP contribution in [0.5, 0.6) is 0 Å². The summed E-state index contributed by atoms with van der Waals surface area (Å²) in [6.07, 6.45) is 3.70. The van der Waals surface area contributed by atoms with Gasteiger partial charge in [0.25, 0.3) is 0 Å². The number of hydrogen-bond acceptors (Lipinski definition) is 4. The third kappa shape index (κ3) is 4.16. The number of nitrogens with one attached hydrogen (secondary N) is 2. The predicted octanol–water partition coefficient (Wildman–Crippen LogP) is 4.12. The van der Waals surface area contributed by atoms with Gasteiger partial charge in [0.15, 0.2) is 0 Å². The second-order valence-corrected chi connectivity index (χ2v) is 8.60. The highest BCUT2D eigenvalue weighted by atomic mass is 16.1. The first kappa shape index (κ1) is 20.5. The molecule has 3 heterocycles. The molecule has 7 nitrogen and oxygen atoms in total. The zero-order valence-electron chi connectivity index (χ0n) is 18.5. The van der Waals surface area contributed by atoms with Gasteiger partial charge in [-0.1, -0.05) is 12.1 Å². The molecule has 0 saturated carbocycles. The number of imidazole rings is 1. The van der Waals surface area contributed by atoms with E-state index in [1.165, 1.54) is 11.3 Å². The van der Waals surface area contributed by atoms with Crippen molar-refractivity contribution in [1.29, 1.82) is 0 Å². The highest BCUT2D eigenvalue weighted by molar-refractivity contribution is 5.93. The van der Waals surface area contributed by atoms with Gasteiger partial charge in [0.1, 0.15) is 5.82 Å². The van der Waals surface area contributed by atoms with Crippen molar-refractivity contribution < 1.29 is 4.79 Å². The lowest BCUT2D eigenvalue weighted by atomic mass is 9.95. The minimum absolute atomic E-state index is 0.0521. The largest absolute Gasteiger partial charge is 0.338 e. The summed E-state index contributed by atoms with van der Waals surface area (Å²) in [7, 11) is 1.97. The lowest BCUT2D eigenvalue weighted by Gasteiger charge is -2.31. The molecule has 0 unspecified atom stereocenters. The van der Waals surface area contributed by atoms with E-state index in [1.54, 1.807) is 0 Å². The number of H-pyrrole nitrogens is 1. The summed E-state index contributed by atoms with van der Waals surface area (Å²) in [6.45, 7) is 4.86. The van der Waals surface area contributed by atoms with Gasteiger partial charge in [0.05, 0.1) is 17.2 Å². The van der Waals surface area contributed by atoms with Crippen molar-refractivity contribution in [2.24, 2.45) is 13.0 Å². The Morgan fingerprint density at radius 1 is 1.12 bits per heavy atom. The fraction of sp³-hybridized carbons (Fsp3) is 0.320. The zero-order valence-corrected chi connectivity index (χ0v) is 18.5. The normalized spacial score (nSPS) is 15.3. The summed E-state index contributed by atoms with van der Waals surface area (Å²) in [6, 6.07) is 15.9. The van der Waals surface area contributed by atoms with Crippen LogP contribution in [0.3, 0.4) is 0 Å². The molecule has 0 atom stereocenters. The first-order valence-electron chi connectivity index (χ1n) is 11.1. The molecule has 7 heteroatoms. The smallest absolute Gasteiger partial charge is 0.227 e. The molecule has 2 N–H and O–H groups in total. The van der Waals surface area contributed by atoms with Crippen molar-refractivity contribution in [3.05, 3.63) is 66.0 Å². The quantitative estimate of drug-likeness (QED) is 0.501. The Hall–Kier alpha value is -3.45. The average Bonchev–Trinajstić information content (AvgIpc) is 3.39. The summed E-state index contributed by atoms with van der Waals surface area (Å²) < 4.78 is 1.91. The Bertz CT molecular complexity index is 1200. The van der Waals surface area contributed by atoms with Crippen molar-refractivity contribution in [3.63, 3.8) is 0 Å². The minimum Gasteiger partial charge on any atom is -0.338 e. The Morgan fingerprint density at radius 2 is 1.88 bits per heavy atom. The number of amides is 1. The third-order valence-electron chi connectivity index (χ3n) is 6.50. The number of fused-ring (bicyclic) bond motifs is 1. The van der Waals surface area contributed by atoms with E-state index in [1.807, 2.05) is 66.5 Å². The topological polar surface area (TPSA) is 78.8 Å². The first-order chi connectivity index (χ1) is 15.6. The molecular formula is C25H28N6O.